The second-order valence-corrected chi connectivity index (χ2v) is 5.91. The Balaban J connectivity index is 2.55. The van der Waals surface area contributed by atoms with Crippen LogP contribution in [0.4, 0.5) is 0 Å². The zero-order chi connectivity index (χ0) is 12.9. The molecule has 0 amide bonds. The third-order valence-corrected chi connectivity index (χ3v) is 4.37. The van der Waals surface area contributed by atoms with E-state index < -0.39 is 10.0 Å². The predicted molar refractivity (Wildman–Crippen MR) is 67.3 cm³/mol. The summed E-state index contributed by atoms with van der Waals surface area (Å²) in [5.74, 6) is 0. The van der Waals surface area contributed by atoms with Crippen molar-refractivity contribution in [3.05, 3.63) is 11.9 Å². The van der Waals surface area contributed by atoms with E-state index in [1.54, 1.807) is 18.7 Å². The number of sulfonamides is 1. The lowest BCUT2D eigenvalue weighted by molar-refractivity contribution is 0.572. The van der Waals surface area contributed by atoms with Crippen molar-refractivity contribution in [3.63, 3.8) is 0 Å². The molecule has 1 N–H and O–H groups in total. The summed E-state index contributed by atoms with van der Waals surface area (Å²) in [4.78, 5) is 0.274. The molecule has 0 saturated carbocycles. The van der Waals surface area contributed by atoms with Gasteiger partial charge >= 0.3 is 0 Å². The average Bonchev–Trinajstić information content (AvgIpc) is 2.60. The van der Waals surface area contributed by atoms with Crippen LogP contribution in [0.3, 0.4) is 0 Å². The minimum Gasteiger partial charge on any atom is -0.272 e. The molecule has 98 valence electrons. The summed E-state index contributed by atoms with van der Waals surface area (Å²) in [5.41, 5.74) is 0.658. The Bertz CT molecular complexity index is 451. The molecule has 0 radical (unpaired) electrons. The van der Waals surface area contributed by atoms with E-state index in [0.717, 1.165) is 25.7 Å². The second-order valence-electron chi connectivity index (χ2n) is 4.18. The third-order valence-electron chi connectivity index (χ3n) is 2.80. The van der Waals surface area contributed by atoms with Gasteiger partial charge in [-0.05, 0) is 13.3 Å². The van der Waals surface area contributed by atoms with E-state index in [1.165, 1.54) is 6.20 Å². The van der Waals surface area contributed by atoms with Gasteiger partial charge in [0.25, 0.3) is 0 Å². The molecular weight excluding hydrogens is 238 g/mol. The quantitative estimate of drug-likeness (QED) is 0.756. The van der Waals surface area contributed by atoms with Crippen LogP contribution in [-0.2, 0) is 17.1 Å². The lowest BCUT2D eigenvalue weighted by Crippen LogP contribution is -2.25. The number of nitrogens with zero attached hydrogens (tertiary/aromatic N) is 2. The van der Waals surface area contributed by atoms with Gasteiger partial charge in [0.05, 0.1) is 11.9 Å². The molecule has 0 aliphatic carbocycles. The van der Waals surface area contributed by atoms with Gasteiger partial charge in [0, 0.05) is 13.6 Å². The number of aryl methyl sites for hydroxylation is 1. The predicted octanol–water partition coefficient (Wildman–Crippen LogP) is 1.59. The van der Waals surface area contributed by atoms with Crippen LogP contribution in [0.2, 0.25) is 0 Å². The molecule has 0 saturated heterocycles. The molecule has 0 aliphatic rings. The highest BCUT2D eigenvalue weighted by Gasteiger charge is 2.18. The molecule has 1 aromatic rings. The molecule has 0 bridgehead atoms. The van der Waals surface area contributed by atoms with Crippen molar-refractivity contribution in [2.24, 2.45) is 7.05 Å². The minimum atomic E-state index is -3.39. The fraction of sp³-hybridized carbons (Fsp3) is 0.727. The molecule has 0 spiro atoms. The average molecular weight is 259 g/mol. The molecule has 5 nitrogen and oxygen atoms in total. The number of nitrogens with one attached hydrogen (secondary N) is 1. The summed E-state index contributed by atoms with van der Waals surface area (Å²) in [6, 6.07) is 0. The molecule has 0 atom stereocenters. The van der Waals surface area contributed by atoms with Crippen LogP contribution < -0.4 is 4.72 Å². The van der Waals surface area contributed by atoms with Crippen LogP contribution in [0.15, 0.2) is 11.1 Å². The third kappa shape index (κ3) is 3.81. The summed E-state index contributed by atoms with van der Waals surface area (Å²) in [5, 5.41) is 3.94. The fourth-order valence-electron chi connectivity index (χ4n) is 1.58. The molecule has 1 rings (SSSR count). The van der Waals surface area contributed by atoms with E-state index in [0.29, 0.717) is 12.2 Å². The molecule has 17 heavy (non-hydrogen) atoms. The second kappa shape index (κ2) is 6.16. The molecule has 0 aromatic carbocycles. The van der Waals surface area contributed by atoms with E-state index in [1.807, 2.05) is 0 Å². The van der Waals surface area contributed by atoms with Crippen LogP contribution >= 0.6 is 0 Å². The van der Waals surface area contributed by atoms with E-state index in [4.69, 9.17) is 0 Å². The fourth-order valence-corrected chi connectivity index (χ4v) is 2.85. The SMILES string of the molecule is CCCCCCNS(=O)(=O)c1cnn(C)c1C. The maximum Gasteiger partial charge on any atom is 0.243 e. The highest BCUT2D eigenvalue weighted by Crippen LogP contribution is 2.12. The minimum absolute atomic E-state index is 0.274. The Morgan fingerprint density at radius 3 is 2.59 bits per heavy atom. The zero-order valence-corrected chi connectivity index (χ0v) is 11.5. The topological polar surface area (TPSA) is 64.0 Å². The smallest absolute Gasteiger partial charge is 0.243 e. The van der Waals surface area contributed by atoms with Gasteiger partial charge < -0.3 is 0 Å². The Kier molecular flexibility index (Phi) is 5.14. The summed E-state index contributed by atoms with van der Waals surface area (Å²) < 4.78 is 28.0. The first-order valence-corrected chi connectivity index (χ1v) is 7.45. The van der Waals surface area contributed by atoms with Crippen LogP contribution in [-0.4, -0.2) is 24.7 Å². The van der Waals surface area contributed by atoms with Gasteiger partial charge in [0.1, 0.15) is 4.90 Å². The van der Waals surface area contributed by atoms with Gasteiger partial charge in [-0.2, -0.15) is 5.10 Å². The summed E-state index contributed by atoms with van der Waals surface area (Å²) in [7, 11) is -1.66. The molecular formula is C11H21N3O2S. The van der Waals surface area contributed by atoms with E-state index in [9.17, 15) is 8.42 Å². The van der Waals surface area contributed by atoms with Crippen molar-refractivity contribution in [2.45, 2.75) is 44.4 Å². The number of hydrogen-bond acceptors (Lipinski definition) is 3. The van der Waals surface area contributed by atoms with Crippen molar-refractivity contribution in [3.8, 4) is 0 Å². The number of hydrogen-bond donors (Lipinski definition) is 1. The molecule has 1 heterocycles. The Morgan fingerprint density at radius 1 is 1.35 bits per heavy atom. The zero-order valence-electron chi connectivity index (χ0n) is 10.7. The Labute approximate surface area is 103 Å². The van der Waals surface area contributed by atoms with Crippen molar-refractivity contribution in [1.29, 1.82) is 0 Å². The van der Waals surface area contributed by atoms with E-state index >= 15 is 0 Å². The summed E-state index contributed by atoms with van der Waals surface area (Å²) >= 11 is 0. The first-order chi connectivity index (χ1) is 7.99. The van der Waals surface area contributed by atoms with Crippen molar-refractivity contribution >= 4 is 10.0 Å². The highest BCUT2D eigenvalue weighted by atomic mass is 32.2. The van der Waals surface area contributed by atoms with E-state index in [2.05, 4.69) is 16.7 Å². The van der Waals surface area contributed by atoms with Gasteiger partial charge in [-0.15, -0.1) is 0 Å². The maximum atomic E-state index is 11.9. The Hall–Kier alpha value is -0.880. The highest BCUT2D eigenvalue weighted by molar-refractivity contribution is 7.89. The van der Waals surface area contributed by atoms with Gasteiger partial charge in [0.2, 0.25) is 10.0 Å². The van der Waals surface area contributed by atoms with Crippen LogP contribution in [0.5, 0.6) is 0 Å². The number of rotatable bonds is 7. The number of aromatic nitrogens is 2. The normalized spacial score (nSPS) is 11.9. The van der Waals surface area contributed by atoms with Crippen molar-refractivity contribution < 1.29 is 8.42 Å². The number of unbranched alkanes of at least 4 members (excludes halogenated alkanes) is 3. The maximum absolute atomic E-state index is 11.9. The lowest BCUT2D eigenvalue weighted by atomic mass is 10.2. The first-order valence-electron chi connectivity index (χ1n) is 5.97. The standard InChI is InChI=1S/C11H21N3O2S/c1-4-5-6-7-8-13-17(15,16)11-9-12-14(3)10(11)2/h9,13H,4-8H2,1-3H3. The molecule has 0 fully saturated rings. The van der Waals surface area contributed by atoms with Gasteiger partial charge in [0.15, 0.2) is 0 Å². The Morgan fingerprint density at radius 2 is 2.06 bits per heavy atom. The first kappa shape index (κ1) is 14.2. The largest absolute Gasteiger partial charge is 0.272 e. The van der Waals surface area contributed by atoms with Gasteiger partial charge in [-0.25, -0.2) is 13.1 Å². The molecule has 6 heteroatoms. The van der Waals surface area contributed by atoms with Crippen LogP contribution in [0.1, 0.15) is 38.3 Å². The van der Waals surface area contributed by atoms with Gasteiger partial charge in [-0.3, -0.25) is 4.68 Å². The lowest BCUT2D eigenvalue weighted by Gasteiger charge is -2.05. The molecule has 1 aromatic heterocycles. The summed E-state index contributed by atoms with van der Waals surface area (Å²) in [6.07, 6.45) is 5.63. The summed E-state index contributed by atoms with van der Waals surface area (Å²) in [6.45, 7) is 4.37. The van der Waals surface area contributed by atoms with Gasteiger partial charge in [-0.1, -0.05) is 26.2 Å². The monoisotopic (exact) mass is 259 g/mol. The van der Waals surface area contributed by atoms with Crippen molar-refractivity contribution in [1.82, 2.24) is 14.5 Å². The van der Waals surface area contributed by atoms with Crippen molar-refractivity contribution in [2.75, 3.05) is 6.54 Å². The van der Waals surface area contributed by atoms with E-state index in [-0.39, 0.29) is 4.90 Å². The molecule has 0 unspecified atom stereocenters. The van der Waals surface area contributed by atoms with Crippen LogP contribution in [0, 0.1) is 6.92 Å². The van der Waals surface area contributed by atoms with Crippen LogP contribution in [0.25, 0.3) is 0 Å². The molecule has 0 aliphatic heterocycles.